The number of hydrogen-bond acceptors (Lipinski definition) is 2. The molecule has 6 heteroatoms. The number of rotatable bonds is 10. The van der Waals surface area contributed by atoms with Crippen LogP contribution in [0.1, 0.15) is 53.4 Å². The third kappa shape index (κ3) is 12.9. The topological polar surface area (TPSA) is 44.7 Å². The van der Waals surface area contributed by atoms with Crippen molar-refractivity contribution >= 4 is 40.7 Å². The fourth-order valence-electron chi connectivity index (χ4n) is 1.93. The first-order valence-corrected chi connectivity index (χ1v) is 9.63. The van der Waals surface area contributed by atoms with Crippen molar-refractivity contribution in [1.82, 2.24) is 10.2 Å². The van der Waals surface area contributed by atoms with Gasteiger partial charge in [0.1, 0.15) is 0 Å². The van der Waals surface area contributed by atoms with E-state index in [0.29, 0.717) is 12.3 Å². The molecule has 1 N–H and O–H groups in total. The maximum Gasteiger partial charge on any atom is 0.193 e. The van der Waals surface area contributed by atoms with Crippen molar-refractivity contribution in [3.63, 3.8) is 0 Å². The van der Waals surface area contributed by atoms with E-state index in [4.69, 9.17) is 0 Å². The molecule has 0 bridgehead atoms. The van der Waals surface area contributed by atoms with Gasteiger partial charge in [0.25, 0.3) is 0 Å². The minimum absolute atomic E-state index is 0. The fourth-order valence-corrected chi connectivity index (χ4v) is 2.80. The highest BCUT2D eigenvalue weighted by Gasteiger charge is 2.18. The zero-order chi connectivity index (χ0) is 17.0. The van der Waals surface area contributed by atoms with E-state index in [1.165, 1.54) is 12.8 Å². The van der Waals surface area contributed by atoms with E-state index in [1.807, 2.05) is 26.8 Å². The SMILES string of the molecule is C=CCCCCCN(C)C(=NCCS(=O)C(C)(C)C)NCC.I. The van der Waals surface area contributed by atoms with E-state index in [-0.39, 0.29) is 28.7 Å². The first-order valence-electron chi connectivity index (χ1n) is 8.31. The summed E-state index contributed by atoms with van der Waals surface area (Å²) in [6.45, 7) is 14.3. The van der Waals surface area contributed by atoms with Crippen molar-refractivity contribution in [2.24, 2.45) is 4.99 Å². The zero-order valence-corrected chi connectivity index (χ0v) is 18.7. The molecule has 138 valence electrons. The molecule has 0 heterocycles. The van der Waals surface area contributed by atoms with Crippen LogP contribution in [0.2, 0.25) is 0 Å². The van der Waals surface area contributed by atoms with E-state index < -0.39 is 10.8 Å². The minimum atomic E-state index is -0.843. The molecule has 0 rings (SSSR count). The number of nitrogens with zero attached hydrogens (tertiary/aromatic N) is 2. The van der Waals surface area contributed by atoms with Crippen LogP contribution in [0.3, 0.4) is 0 Å². The van der Waals surface area contributed by atoms with Gasteiger partial charge in [-0.1, -0.05) is 12.5 Å². The maximum atomic E-state index is 12.0. The average molecular weight is 457 g/mol. The van der Waals surface area contributed by atoms with Crippen LogP contribution in [0, 0.1) is 0 Å². The Morgan fingerprint density at radius 3 is 2.48 bits per heavy atom. The largest absolute Gasteiger partial charge is 0.357 e. The van der Waals surface area contributed by atoms with Crippen LogP contribution < -0.4 is 5.32 Å². The summed E-state index contributed by atoms with van der Waals surface area (Å²) in [4.78, 5) is 6.77. The summed E-state index contributed by atoms with van der Waals surface area (Å²) < 4.78 is 11.9. The Bertz CT molecular complexity index is 367. The van der Waals surface area contributed by atoms with Gasteiger partial charge in [0.05, 0.1) is 6.54 Å². The lowest BCUT2D eigenvalue weighted by atomic mass is 10.2. The van der Waals surface area contributed by atoms with Crippen molar-refractivity contribution in [2.75, 3.05) is 32.4 Å². The second kappa shape index (κ2) is 14.3. The molecule has 0 aromatic carbocycles. The predicted octanol–water partition coefficient (Wildman–Crippen LogP) is 3.80. The molecule has 1 atom stereocenters. The summed E-state index contributed by atoms with van der Waals surface area (Å²) >= 11 is 0. The Hall–Kier alpha value is -0.110. The fraction of sp³-hybridized carbons (Fsp3) is 0.824. The summed E-state index contributed by atoms with van der Waals surface area (Å²) in [7, 11) is 1.22. The van der Waals surface area contributed by atoms with Gasteiger partial charge in [-0.3, -0.25) is 9.20 Å². The maximum absolute atomic E-state index is 12.0. The van der Waals surface area contributed by atoms with E-state index in [1.54, 1.807) is 0 Å². The van der Waals surface area contributed by atoms with Gasteiger partial charge in [0.2, 0.25) is 0 Å². The molecule has 0 spiro atoms. The molecule has 0 fully saturated rings. The molecule has 0 aliphatic carbocycles. The zero-order valence-electron chi connectivity index (χ0n) is 15.6. The summed E-state index contributed by atoms with van der Waals surface area (Å²) in [5.41, 5.74) is 0. The molecule has 0 aliphatic heterocycles. The lowest BCUT2D eigenvalue weighted by Crippen LogP contribution is -2.39. The molecule has 4 nitrogen and oxygen atoms in total. The Kier molecular flexibility index (Phi) is 15.6. The van der Waals surface area contributed by atoms with Crippen LogP contribution >= 0.6 is 24.0 Å². The molecule has 0 radical (unpaired) electrons. The first kappa shape index (κ1) is 25.1. The number of guanidine groups is 1. The lowest BCUT2D eigenvalue weighted by Gasteiger charge is -2.22. The summed E-state index contributed by atoms with van der Waals surface area (Å²) in [6.07, 6.45) is 6.64. The highest BCUT2D eigenvalue weighted by Crippen LogP contribution is 2.11. The normalized spacial score (nSPS) is 13.2. The molecular weight excluding hydrogens is 421 g/mol. The standard InChI is InChI=1S/C17H35N3OS.HI/c1-7-9-10-11-12-14-20(6)16(18-8-2)19-13-15-22(21)17(3,4)5;/h7H,1,8-15H2,2-6H3,(H,18,19);1H. The lowest BCUT2D eigenvalue weighted by molar-refractivity contribution is 0.456. The molecule has 0 saturated heterocycles. The van der Waals surface area contributed by atoms with E-state index in [0.717, 1.165) is 31.9 Å². The highest BCUT2D eigenvalue weighted by molar-refractivity contribution is 14.0. The number of hydrogen-bond donors (Lipinski definition) is 1. The molecule has 0 amide bonds. The quantitative estimate of drug-likeness (QED) is 0.179. The molecular formula is C17H36IN3OS. The van der Waals surface area contributed by atoms with Gasteiger partial charge in [0, 0.05) is 41.4 Å². The Balaban J connectivity index is 0. The summed E-state index contributed by atoms with van der Waals surface area (Å²) in [6, 6.07) is 0. The summed E-state index contributed by atoms with van der Waals surface area (Å²) in [5.74, 6) is 1.53. The molecule has 23 heavy (non-hydrogen) atoms. The third-order valence-corrected chi connectivity index (χ3v) is 5.24. The first-order chi connectivity index (χ1) is 10.3. The van der Waals surface area contributed by atoms with E-state index in [9.17, 15) is 4.21 Å². The van der Waals surface area contributed by atoms with Gasteiger partial charge in [-0.15, -0.1) is 30.6 Å². The minimum Gasteiger partial charge on any atom is -0.357 e. The molecule has 0 saturated carbocycles. The number of halogens is 1. The number of aliphatic imine (C=N–C) groups is 1. The van der Waals surface area contributed by atoms with Crippen molar-refractivity contribution in [3.8, 4) is 0 Å². The van der Waals surface area contributed by atoms with E-state index >= 15 is 0 Å². The molecule has 1 unspecified atom stereocenters. The van der Waals surface area contributed by atoms with Crippen molar-refractivity contribution in [1.29, 1.82) is 0 Å². The second-order valence-corrected chi connectivity index (χ2v) is 8.78. The number of nitrogens with one attached hydrogen (secondary N) is 1. The van der Waals surface area contributed by atoms with Crippen LogP contribution in [0.15, 0.2) is 17.6 Å². The van der Waals surface area contributed by atoms with Crippen LogP contribution in [0.5, 0.6) is 0 Å². The average Bonchev–Trinajstić information content (AvgIpc) is 2.44. The second-order valence-electron chi connectivity index (χ2n) is 6.46. The Morgan fingerprint density at radius 2 is 1.96 bits per heavy atom. The van der Waals surface area contributed by atoms with Crippen molar-refractivity contribution < 1.29 is 4.21 Å². The van der Waals surface area contributed by atoms with Crippen molar-refractivity contribution in [2.45, 2.75) is 58.1 Å². The third-order valence-electron chi connectivity index (χ3n) is 3.32. The van der Waals surface area contributed by atoms with Crippen LogP contribution in [-0.2, 0) is 10.8 Å². The van der Waals surface area contributed by atoms with Gasteiger partial charge in [-0.05, 0) is 47.0 Å². The van der Waals surface area contributed by atoms with Crippen molar-refractivity contribution in [3.05, 3.63) is 12.7 Å². The van der Waals surface area contributed by atoms with Gasteiger partial charge in [-0.25, -0.2) is 0 Å². The molecule has 0 aliphatic rings. The summed E-state index contributed by atoms with van der Waals surface area (Å²) in [5, 5.41) is 3.31. The van der Waals surface area contributed by atoms with Gasteiger partial charge in [-0.2, -0.15) is 0 Å². The van der Waals surface area contributed by atoms with Crippen LogP contribution in [0.25, 0.3) is 0 Å². The van der Waals surface area contributed by atoms with Gasteiger partial charge >= 0.3 is 0 Å². The molecule has 0 aromatic heterocycles. The van der Waals surface area contributed by atoms with Gasteiger partial charge < -0.3 is 10.2 Å². The predicted molar refractivity (Wildman–Crippen MR) is 115 cm³/mol. The Morgan fingerprint density at radius 1 is 1.30 bits per heavy atom. The smallest absolute Gasteiger partial charge is 0.193 e. The highest BCUT2D eigenvalue weighted by atomic mass is 127. The van der Waals surface area contributed by atoms with E-state index in [2.05, 4.69) is 35.8 Å². The molecule has 0 aromatic rings. The number of allylic oxidation sites excluding steroid dienone is 1. The number of unbranched alkanes of at least 4 members (excludes halogenated alkanes) is 3. The van der Waals surface area contributed by atoms with Gasteiger partial charge in [0.15, 0.2) is 5.96 Å². The monoisotopic (exact) mass is 457 g/mol. The Labute approximate surface area is 163 Å². The van der Waals surface area contributed by atoms with Crippen LogP contribution in [0.4, 0.5) is 0 Å². The van der Waals surface area contributed by atoms with Crippen LogP contribution in [-0.4, -0.2) is 52.3 Å².